The molecule has 1 aromatic heterocycles. The van der Waals surface area contributed by atoms with Gasteiger partial charge in [0.1, 0.15) is 18.1 Å². The van der Waals surface area contributed by atoms with Crippen LogP contribution >= 0.6 is 0 Å². The summed E-state index contributed by atoms with van der Waals surface area (Å²) in [5.41, 5.74) is 4.91. The number of hydrogen-bond donors (Lipinski definition) is 3. The van der Waals surface area contributed by atoms with Gasteiger partial charge in [-0.3, -0.25) is 9.10 Å². The Bertz CT molecular complexity index is 1360. The van der Waals surface area contributed by atoms with Crippen molar-refractivity contribution < 1.29 is 40.6 Å². The highest BCUT2D eigenvalue weighted by atomic mass is 32.2. The van der Waals surface area contributed by atoms with Crippen molar-refractivity contribution in [3.8, 4) is 5.88 Å². The number of nitrogens with two attached hydrogens (primary N) is 1. The number of carbonyl (C=O) groups excluding carboxylic acids is 1. The summed E-state index contributed by atoms with van der Waals surface area (Å²) in [5.74, 6) is -3.19. The van der Waals surface area contributed by atoms with Crippen LogP contribution in [0.4, 0.5) is 23.2 Å². The van der Waals surface area contributed by atoms with Gasteiger partial charge in [-0.2, -0.15) is 13.2 Å². The summed E-state index contributed by atoms with van der Waals surface area (Å²) in [6, 6.07) is 12.8. The van der Waals surface area contributed by atoms with Crippen LogP contribution < -0.4 is 14.8 Å². The van der Waals surface area contributed by atoms with Crippen LogP contribution in [0.1, 0.15) is 40.3 Å². The number of nitrogens with zero attached hydrogens (tertiary/aromatic N) is 2. The van der Waals surface area contributed by atoms with E-state index in [1.807, 2.05) is 0 Å². The maximum absolute atomic E-state index is 14.6. The van der Waals surface area contributed by atoms with Gasteiger partial charge in [0, 0.05) is 12.6 Å². The molecule has 0 aliphatic carbocycles. The smallest absolute Gasteiger partial charge is 0.433 e. The van der Waals surface area contributed by atoms with Crippen molar-refractivity contribution in [2.24, 2.45) is 5.73 Å². The molecular weight excluding hydrogens is 530 g/mol. The number of aliphatic hydroxyl groups excluding tert-OH is 1. The quantitative estimate of drug-likeness (QED) is 0.246. The molecule has 1 amide bonds. The number of benzene rings is 2. The molecule has 0 bridgehead atoms. The van der Waals surface area contributed by atoms with Crippen LogP contribution in [0, 0.1) is 5.82 Å². The summed E-state index contributed by atoms with van der Waals surface area (Å²) < 4.78 is 83.7. The van der Waals surface area contributed by atoms with Gasteiger partial charge in [0.15, 0.2) is 0 Å². The second kappa shape index (κ2) is 12.2. The summed E-state index contributed by atoms with van der Waals surface area (Å²) in [6.07, 6.45) is -4.97. The maximum atomic E-state index is 14.6. The number of alkyl halides is 3. The highest BCUT2D eigenvalue weighted by molar-refractivity contribution is 7.74. The number of anilines is 1. The number of amides is 1. The molecule has 0 fully saturated rings. The van der Waals surface area contributed by atoms with E-state index in [0.29, 0.717) is 15.9 Å². The molecule has 0 saturated heterocycles. The lowest BCUT2D eigenvalue weighted by atomic mass is 9.90. The molecular formula is C25H25F4N3O5S. The Balaban J connectivity index is 1.95. The monoisotopic (exact) mass is 555 g/mol. The van der Waals surface area contributed by atoms with Gasteiger partial charge in [-0.25, -0.2) is 17.8 Å². The minimum atomic E-state index is -4.80. The number of carbonyl (C=O) groups is 1. The predicted octanol–water partition coefficient (Wildman–Crippen LogP) is 3.48. The summed E-state index contributed by atoms with van der Waals surface area (Å²) in [6.45, 7) is -0.860. The normalized spacial score (nSPS) is 12.4. The molecule has 3 rings (SSSR count). The van der Waals surface area contributed by atoms with Crippen molar-refractivity contribution >= 4 is 22.5 Å². The number of rotatable bonds is 11. The van der Waals surface area contributed by atoms with Crippen LogP contribution in [-0.2, 0) is 41.5 Å². The third-order valence-electron chi connectivity index (χ3n) is 5.85. The maximum Gasteiger partial charge on any atom is 0.433 e. The zero-order valence-corrected chi connectivity index (χ0v) is 21.0. The Morgan fingerprint density at radius 2 is 1.84 bits per heavy atom. The van der Waals surface area contributed by atoms with Crippen LogP contribution in [0.2, 0.25) is 0 Å². The zero-order valence-electron chi connectivity index (χ0n) is 20.1. The topological polar surface area (TPSA) is 123 Å². The first kappa shape index (κ1) is 28.9. The molecule has 38 heavy (non-hydrogen) atoms. The Morgan fingerprint density at radius 1 is 1.16 bits per heavy atom. The van der Waals surface area contributed by atoms with E-state index in [0.717, 1.165) is 13.1 Å². The Hall–Kier alpha value is -3.71. The predicted molar refractivity (Wildman–Crippen MR) is 131 cm³/mol. The molecule has 204 valence electrons. The van der Waals surface area contributed by atoms with Crippen molar-refractivity contribution in [2.45, 2.75) is 38.1 Å². The van der Waals surface area contributed by atoms with Crippen molar-refractivity contribution in [1.82, 2.24) is 4.98 Å². The van der Waals surface area contributed by atoms with Gasteiger partial charge in [0.2, 0.25) is 22.7 Å². The number of thiol groups is 1. The third kappa shape index (κ3) is 6.98. The van der Waals surface area contributed by atoms with E-state index in [9.17, 15) is 35.9 Å². The van der Waals surface area contributed by atoms with E-state index in [1.165, 1.54) is 12.1 Å². The lowest BCUT2D eigenvalue weighted by molar-refractivity contribution is -0.141. The van der Waals surface area contributed by atoms with E-state index < -0.39 is 47.0 Å². The molecule has 1 atom stereocenters. The Morgan fingerprint density at radius 3 is 2.39 bits per heavy atom. The van der Waals surface area contributed by atoms with Gasteiger partial charge in [-0.1, -0.05) is 36.4 Å². The van der Waals surface area contributed by atoms with Gasteiger partial charge in [-0.15, -0.1) is 0 Å². The molecule has 0 aliphatic heterocycles. The third-order valence-corrected chi connectivity index (χ3v) is 6.56. The first-order valence-corrected chi connectivity index (χ1v) is 12.4. The Kier molecular flexibility index (Phi) is 9.28. The highest BCUT2D eigenvalue weighted by Crippen LogP contribution is 2.35. The van der Waals surface area contributed by atoms with Gasteiger partial charge < -0.3 is 15.6 Å². The minimum Gasteiger partial charge on any atom is -0.473 e. The fourth-order valence-corrected chi connectivity index (χ4v) is 4.19. The van der Waals surface area contributed by atoms with Crippen molar-refractivity contribution in [1.29, 1.82) is 0 Å². The van der Waals surface area contributed by atoms with Gasteiger partial charge >= 0.3 is 6.18 Å². The van der Waals surface area contributed by atoms with Crippen LogP contribution in [0.3, 0.4) is 0 Å². The zero-order chi connectivity index (χ0) is 28.0. The number of pyridine rings is 1. The van der Waals surface area contributed by atoms with Crippen LogP contribution in [0.15, 0.2) is 54.6 Å². The lowest BCUT2D eigenvalue weighted by Gasteiger charge is -2.20. The fraction of sp³-hybridized carbons (Fsp3) is 0.280. The van der Waals surface area contributed by atoms with E-state index in [1.54, 1.807) is 30.3 Å². The molecule has 8 nitrogen and oxygen atoms in total. The fourth-order valence-electron chi connectivity index (χ4n) is 3.85. The molecule has 1 heterocycles. The van der Waals surface area contributed by atoms with E-state index >= 15 is 0 Å². The van der Waals surface area contributed by atoms with Crippen molar-refractivity contribution in [2.75, 3.05) is 11.4 Å². The number of halogens is 4. The van der Waals surface area contributed by atoms with Crippen molar-refractivity contribution in [3.63, 3.8) is 0 Å². The first-order chi connectivity index (χ1) is 17.9. The van der Waals surface area contributed by atoms with Gasteiger partial charge in [0.25, 0.3) is 0 Å². The molecule has 13 heteroatoms. The molecule has 0 saturated carbocycles. The number of ether oxygens (including phenoxy) is 1. The SMILES string of the molecule is CN(c1ccc(C(CCc2c(CO)cc(C(F)(F)F)nc2OCc2ccccc2)C(N)=O)cc1F)[SH](=O)=O. The van der Waals surface area contributed by atoms with Crippen LogP contribution in [0.25, 0.3) is 0 Å². The molecule has 0 radical (unpaired) electrons. The largest absolute Gasteiger partial charge is 0.473 e. The average molecular weight is 556 g/mol. The number of hydrogen-bond acceptors (Lipinski definition) is 6. The number of aromatic nitrogens is 1. The van der Waals surface area contributed by atoms with Crippen LogP contribution in [0.5, 0.6) is 5.88 Å². The minimum absolute atomic E-state index is 0.0818. The van der Waals surface area contributed by atoms with E-state index in [4.69, 9.17) is 10.5 Å². The number of primary amides is 1. The summed E-state index contributed by atoms with van der Waals surface area (Å²) >= 11 is 0. The second-order valence-corrected chi connectivity index (χ2v) is 9.42. The molecule has 0 spiro atoms. The highest BCUT2D eigenvalue weighted by Gasteiger charge is 2.35. The Labute approximate surface area is 217 Å². The van der Waals surface area contributed by atoms with E-state index in [-0.39, 0.29) is 47.7 Å². The molecule has 0 aliphatic rings. The molecule has 3 aromatic rings. The lowest BCUT2D eigenvalue weighted by Crippen LogP contribution is -2.23. The first-order valence-electron chi connectivity index (χ1n) is 11.3. The summed E-state index contributed by atoms with van der Waals surface area (Å²) in [5, 5.41) is 9.83. The summed E-state index contributed by atoms with van der Waals surface area (Å²) in [7, 11) is -1.94. The molecule has 3 N–H and O–H groups in total. The number of aliphatic hydroxyl groups is 1. The van der Waals surface area contributed by atoms with Crippen molar-refractivity contribution in [3.05, 3.63) is 88.4 Å². The van der Waals surface area contributed by atoms with Gasteiger partial charge in [0.05, 0.1) is 18.2 Å². The van der Waals surface area contributed by atoms with Gasteiger partial charge in [-0.05, 0) is 47.7 Å². The van der Waals surface area contributed by atoms with E-state index in [2.05, 4.69) is 4.98 Å². The molecule has 1 unspecified atom stereocenters. The standard InChI is InChI=1S/C25H25F4N3O5S/c1-32(38(35)36)21-10-7-16(11-20(21)26)18(23(30)34)8-9-19-17(13-33)12-22(25(27,28)29)31-24(19)37-14-15-5-3-2-4-6-15/h2-7,10-12,18,33,38H,8-9,13-14H2,1H3,(H2,30,34). The van der Waals surface area contributed by atoms with Crippen LogP contribution in [-0.4, -0.2) is 31.5 Å². The second-order valence-electron chi connectivity index (χ2n) is 8.35. The average Bonchev–Trinajstić information content (AvgIpc) is 2.87. The summed E-state index contributed by atoms with van der Waals surface area (Å²) in [4.78, 5) is 15.9. The molecule has 2 aromatic carbocycles.